The van der Waals surface area contributed by atoms with E-state index < -0.39 is 17.4 Å². The van der Waals surface area contributed by atoms with Gasteiger partial charge in [0.1, 0.15) is 6.04 Å². The molecule has 1 heterocycles. The number of nitrogens with zero attached hydrogens (tertiary/aromatic N) is 1. The highest BCUT2D eigenvalue weighted by molar-refractivity contribution is 6.05. The van der Waals surface area contributed by atoms with E-state index in [1.54, 1.807) is 13.8 Å². The van der Waals surface area contributed by atoms with Crippen LogP contribution in [0.3, 0.4) is 0 Å². The van der Waals surface area contributed by atoms with Gasteiger partial charge >= 0.3 is 5.97 Å². The summed E-state index contributed by atoms with van der Waals surface area (Å²) < 4.78 is 4.43. The number of likely N-dealkylation sites (tertiary alicyclic amines) is 1. The van der Waals surface area contributed by atoms with Gasteiger partial charge < -0.3 is 10.5 Å². The van der Waals surface area contributed by atoms with Gasteiger partial charge in [-0.15, -0.1) is 0 Å². The van der Waals surface area contributed by atoms with Crippen LogP contribution >= 0.6 is 0 Å². The highest BCUT2D eigenvalue weighted by Gasteiger charge is 2.45. The number of ether oxygens (including phenoxy) is 1. The summed E-state index contributed by atoms with van der Waals surface area (Å²) in [5.74, 6) is -1.23. The van der Waals surface area contributed by atoms with Crippen molar-refractivity contribution in [2.45, 2.75) is 26.3 Å². The lowest BCUT2D eigenvalue weighted by Gasteiger charge is -2.20. The number of carbonyl (C=O) groups is 3. The van der Waals surface area contributed by atoms with Crippen LogP contribution in [-0.4, -0.2) is 42.4 Å². The zero-order chi connectivity index (χ0) is 12.5. The number of methoxy groups -OCH3 is 1. The number of rotatable bonds is 3. The van der Waals surface area contributed by atoms with Crippen molar-refractivity contribution in [3.05, 3.63) is 0 Å². The summed E-state index contributed by atoms with van der Waals surface area (Å²) in [4.78, 5) is 35.4. The Morgan fingerprint density at radius 3 is 2.50 bits per heavy atom. The van der Waals surface area contributed by atoms with Gasteiger partial charge in [0, 0.05) is 6.42 Å². The monoisotopic (exact) mass is 228 g/mol. The highest BCUT2D eigenvalue weighted by Crippen LogP contribution is 2.31. The van der Waals surface area contributed by atoms with E-state index in [2.05, 4.69) is 4.74 Å². The molecule has 2 N–H and O–H groups in total. The molecular formula is C10H16N2O4. The molecule has 0 aromatic carbocycles. The van der Waals surface area contributed by atoms with Gasteiger partial charge in [0.2, 0.25) is 11.8 Å². The first-order valence-corrected chi connectivity index (χ1v) is 4.98. The third kappa shape index (κ3) is 2.21. The van der Waals surface area contributed by atoms with Crippen LogP contribution < -0.4 is 5.73 Å². The zero-order valence-electron chi connectivity index (χ0n) is 9.65. The lowest BCUT2D eigenvalue weighted by Crippen LogP contribution is -2.46. The summed E-state index contributed by atoms with van der Waals surface area (Å²) >= 11 is 0. The minimum Gasteiger partial charge on any atom is -0.468 e. The second-order valence-corrected chi connectivity index (χ2v) is 4.50. The van der Waals surface area contributed by atoms with Crippen LogP contribution in [0.15, 0.2) is 0 Å². The molecule has 0 aromatic rings. The van der Waals surface area contributed by atoms with Crippen molar-refractivity contribution in [1.29, 1.82) is 0 Å². The van der Waals surface area contributed by atoms with E-state index in [1.165, 1.54) is 7.11 Å². The van der Waals surface area contributed by atoms with Crippen LogP contribution in [0.1, 0.15) is 20.3 Å². The molecule has 1 fully saturated rings. The average molecular weight is 228 g/mol. The van der Waals surface area contributed by atoms with Gasteiger partial charge in [-0.2, -0.15) is 0 Å². The molecule has 6 heteroatoms. The molecule has 0 radical (unpaired) electrons. The Bertz CT molecular complexity index is 338. The Hall–Kier alpha value is -1.43. The van der Waals surface area contributed by atoms with Crippen LogP contribution in [-0.2, 0) is 19.1 Å². The molecule has 1 unspecified atom stereocenters. The standard InChI is InChI=1S/C10H16N2O4/c1-10(2)4-7(13)12(9(10)15)5-6(11)8(14)16-3/h6H,4-5,11H2,1-3H3. The summed E-state index contributed by atoms with van der Waals surface area (Å²) in [6.45, 7) is 3.27. The molecule has 1 atom stereocenters. The van der Waals surface area contributed by atoms with Crippen molar-refractivity contribution >= 4 is 17.8 Å². The van der Waals surface area contributed by atoms with Gasteiger partial charge in [-0.25, -0.2) is 0 Å². The van der Waals surface area contributed by atoms with Gasteiger partial charge in [-0.05, 0) is 0 Å². The topological polar surface area (TPSA) is 89.7 Å². The fraction of sp³-hybridized carbons (Fsp3) is 0.700. The summed E-state index contributed by atoms with van der Waals surface area (Å²) in [6, 6.07) is -0.980. The number of nitrogens with two attached hydrogens (primary N) is 1. The maximum Gasteiger partial charge on any atom is 0.324 e. The maximum atomic E-state index is 11.8. The van der Waals surface area contributed by atoms with Gasteiger partial charge in [0.05, 0.1) is 19.1 Å². The minimum absolute atomic E-state index is 0.117. The third-order valence-corrected chi connectivity index (χ3v) is 2.60. The Morgan fingerprint density at radius 2 is 2.12 bits per heavy atom. The van der Waals surface area contributed by atoms with Crippen LogP contribution in [0.4, 0.5) is 0 Å². The molecule has 1 saturated heterocycles. The number of imide groups is 1. The molecule has 2 amide bonds. The SMILES string of the molecule is COC(=O)C(N)CN1C(=O)CC(C)(C)C1=O. The Balaban J connectivity index is 2.72. The quantitative estimate of drug-likeness (QED) is 0.508. The smallest absolute Gasteiger partial charge is 0.324 e. The zero-order valence-corrected chi connectivity index (χ0v) is 9.65. The largest absolute Gasteiger partial charge is 0.468 e. The Morgan fingerprint density at radius 1 is 1.56 bits per heavy atom. The molecule has 1 aliphatic heterocycles. The molecule has 1 aliphatic rings. The van der Waals surface area contributed by atoms with Gasteiger partial charge in [0.15, 0.2) is 0 Å². The molecule has 0 aromatic heterocycles. The molecular weight excluding hydrogens is 212 g/mol. The molecule has 0 saturated carbocycles. The van der Waals surface area contributed by atoms with Crippen LogP contribution in [0, 0.1) is 5.41 Å². The Labute approximate surface area is 93.7 Å². The van der Waals surface area contributed by atoms with Crippen molar-refractivity contribution in [3.8, 4) is 0 Å². The van der Waals surface area contributed by atoms with Crippen molar-refractivity contribution in [1.82, 2.24) is 4.90 Å². The fourth-order valence-corrected chi connectivity index (χ4v) is 1.64. The molecule has 0 bridgehead atoms. The maximum absolute atomic E-state index is 11.8. The second kappa shape index (κ2) is 4.21. The first-order chi connectivity index (χ1) is 7.29. The number of amides is 2. The first kappa shape index (κ1) is 12.6. The van der Waals surface area contributed by atoms with E-state index in [-0.39, 0.29) is 24.8 Å². The average Bonchev–Trinajstić information content (AvgIpc) is 2.39. The number of esters is 1. The van der Waals surface area contributed by atoms with Crippen molar-refractivity contribution in [3.63, 3.8) is 0 Å². The molecule has 90 valence electrons. The van der Waals surface area contributed by atoms with Gasteiger partial charge in [-0.3, -0.25) is 19.3 Å². The molecule has 0 spiro atoms. The second-order valence-electron chi connectivity index (χ2n) is 4.50. The normalized spacial score (nSPS) is 21.1. The van der Waals surface area contributed by atoms with Crippen LogP contribution in [0.2, 0.25) is 0 Å². The summed E-state index contributed by atoms with van der Waals surface area (Å²) in [6.07, 6.45) is 0.153. The van der Waals surface area contributed by atoms with Gasteiger partial charge in [-0.1, -0.05) is 13.8 Å². The minimum atomic E-state index is -0.980. The number of carbonyl (C=O) groups excluding carboxylic acids is 3. The molecule has 1 rings (SSSR count). The van der Waals surface area contributed by atoms with Crippen molar-refractivity contribution < 1.29 is 19.1 Å². The van der Waals surface area contributed by atoms with Crippen LogP contribution in [0.5, 0.6) is 0 Å². The van der Waals surface area contributed by atoms with E-state index in [0.717, 1.165) is 4.90 Å². The molecule has 16 heavy (non-hydrogen) atoms. The summed E-state index contributed by atoms with van der Waals surface area (Å²) in [5.41, 5.74) is 4.80. The summed E-state index contributed by atoms with van der Waals surface area (Å²) in [7, 11) is 1.21. The van der Waals surface area contributed by atoms with E-state index >= 15 is 0 Å². The summed E-state index contributed by atoms with van der Waals surface area (Å²) in [5, 5.41) is 0. The van der Waals surface area contributed by atoms with Gasteiger partial charge in [0.25, 0.3) is 0 Å². The molecule has 6 nitrogen and oxygen atoms in total. The first-order valence-electron chi connectivity index (χ1n) is 4.98. The van der Waals surface area contributed by atoms with Crippen LogP contribution in [0.25, 0.3) is 0 Å². The van der Waals surface area contributed by atoms with E-state index in [9.17, 15) is 14.4 Å². The Kier molecular flexibility index (Phi) is 3.32. The highest BCUT2D eigenvalue weighted by atomic mass is 16.5. The lowest BCUT2D eigenvalue weighted by atomic mass is 9.92. The fourth-order valence-electron chi connectivity index (χ4n) is 1.64. The van der Waals surface area contributed by atoms with E-state index in [4.69, 9.17) is 5.73 Å². The lowest BCUT2D eigenvalue weighted by molar-refractivity contribution is -0.145. The van der Waals surface area contributed by atoms with Crippen molar-refractivity contribution in [2.75, 3.05) is 13.7 Å². The number of hydrogen-bond donors (Lipinski definition) is 1. The van der Waals surface area contributed by atoms with E-state index in [1.807, 2.05) is 0 Å². The predicted octanol–water partition coefficient (Wildman–Crippen LogP) is -0.728. The predicted molar refractivity (Wildman–Crippen MR) is 55.1 cm³/mol. The van der Waals surface area contributed by atoms with E-state index in [0.29, 0.717) is 0 Å². The number of hydrogen-bond acceptors (Lipinski definition) is 5. The third-order valence-electron chi connectivity index (χ3n) is 2.60. The molecule has 0 aliphatic carbocycles. The van der Waals surface area contributed by atoms with Crippen molar-refractivity contribution in [2.24, 2.45) is 11.1 Å².